The number of hydrogen-bond donors (Lipinski definition) is 1. The zero-order valence-corrected chi connectivity index (χ0v) is 15.6. The van der Waals surface area contributed by atoms with Gasteiger partial charge in [-0.1, -0.05) is 36.3 Å². The number of rotatable bonds is 4. The number of thiophene rings is 1. The molecule has 0 aliphatic rings. The molecule has 0 amide bonds. The second-order valence-corrected chi connectivity index (χ2v) is 7.41. The monoisotopic (exact) mass is 381 g/mol. The summed E-state index contributed by atoms with van der Waals surface area (Å²) in [6.07, 6.45) is 8.96. The first kappa shape index (κ1) is 16.5. The number of benzene rings is 2. The largest absolute Gasteiger partial charge is 0.340 e. The fourth-order valence-electron chi connectivity index (χ4n) is 3.21. The Bertz CT molecular complexity index is 1330. The highest BCUT2D eigenvalue weighted by atomic mass is 32.1. The molecule has 0 spiro atoms. The van der Waals surface area contributed by atoms with Gasteiger partial charge in [0.1, 0.15) is 17.0 Å². The number of nitrogens with zero attached hydrogens (tertiary/aromatic N) is 4. The Balaban J connectivity index is 1.46. The van der Waals surface area contributed by atoms with Gasteiger partial charge in [-0.2, -0.15) is 5.10 Å². The molecule has 5 nitrogen and oxygen atoms in total. The number of fused-ring (bicyclic) bond motifs is 2. The van der Waals surface area contributed by atoms with Crippen molar-refractivity contribution in [1.82, 2.24) is 19.7 Å². The summed E-state index contributed by atoms with van der Waals surface area (Å²) in [6.45, 7) is 0.743. The summed E-state index contributed by atoms with van der Waals surface area (Å²) in [5.74, 6) is 3.42. The van der Waals surface area contributed by atoms with E-state index in [0.717, 1.165) is 44.0 Å². The van der Waals surface area contributed by atoms with Gasteiger partial charge in [0.25, 0.3) is 0 Å². The maximum atomic E-state index is 5.52. The first-order valence-electron chi connectivity index (χ1n) is 8.78. The van der Waals surface area contributed by atoms with Gasteiger partial charge in [-0.3, -0.25) is 4.68 Å². The van der Waals surface area contributed by atoms with Gasteiger partial charge in [-0.05, 0) is 29.8 Å². The van der Waals surface area contributed by atoms with E-state index in [1.165, 1.54) is 16.9 Å². The summed E-state index contributed by atoms with van der Waals surface area (Å²) >= 11 is 1.49. The first-order chi connectivity index (χ1) is 13.8. The predicted octanol–water partition coefficient (Wildman–Crippen LogP) is 4.81. The van der Waals surface area contributed by atoms with Crippen molar-refractivity contribution >= 4 is 44.0 Å². The molecule has 0 aliphatic carbocycles. The lowest BCUT2D eigenvalue weighted by molar-refractivity contribution is 0.712. The zero-order valence-electron chi connectivity index (χ0n) is 14.8. The minimum atomic E-state index is 0.743. The summed E-state index contributed by atoms with van der Waals surface area (Å²) in [5.41, 5.74) is 3.26. The van der Waals surface area contributed by atoms with Gasteiger partial charge in [0.15, 0.2) is 0 Å². The SMILES string of the molecule is C#Cc1cc2c(Nc3ccc4c(cnn4Cc4ccccc4)c3)ncnc2s1. The van der Waals surface area contributed by atoms with E-state index in [0.29, 0.717) is 0 Å². The van der Waals surface area contributed by atoms with E-state index in [1.807, 2.05) is 41.2 Å². The number of anilines is 2. The van der Waals surface area contributed by atoms with Crippen LogP contribution in [0.1, 0.15) is 10.4 Å². The Labute approximate surface area is 165 Å². The summed E-state index contributed by atoms with van der Waals surface area (Å²) < 4.78 is 2.01. The van der Waals surface area contributed by atoms with Crippen LogP contribution in [-0.2, 0) is 6.54 Å². The van der Waals surface area contributed by atoms with E-state index in [4.69, 9.17) is 6.42 Å². The molecule has 0 saturated carbocycles. The number of nitrogens with one attached hydrogen (secondary N) is 1. The molecule has 0 atom stereocenters. The quantitative estimate of drug-likeness (QED) is 0.454. The van der Waals surface area contributed by atoms with Crippen LogP contribution in [-0.4, -0.2) is 19.7 Å². The average Bonchev–Trinajstić information content (AvgIpc) is 3.33. The maximum Gasteiger partial charge on any atom is 0.142 e. The van der Waals surface area contributed by atoms with Crippen molar-refractivity contribution in [2.24, 2.45) is 0 Å². The van der Waals surface area contributed by atoms with Gasteiger partial charge in [-0.25, -0.2) is 9.97 Å². The smallest absolute Gasteiger partial charge is 0.142 e. The molecule has 1 N–H and O–H groups in total. The molecule has 28 heavy (non-hydrogen) atoms. The molecule has 5 rings (SSSR count). The summed E-state index contributed by atoms with van der Waals surface area (Å²) in [6, 6.07) is 18.4. The topological polar surface area (TPSA) is 55.6 Å². The molecule has 0 radical (unpaired) electrons. The van der Waals surface area contributed by atoms with Crippen LogP contribution in [0.3, 0.4) is 0 Å². The van der Waals surface area contributed by atoms with E-state index in [2.05, 4.69) is 50.6 Å². The van der Waals surface area contributed by atoms with Crippen LogP contribution >= 0.6 is 11.3 Å². The van der Waals surface area contributed by atoms with E-state index in [9.17, 15) is 0 Å². The molecule has 2 aromatic carbocycles. The molecule has 6 heteroatoms. The first-order valence-corrected chi connectivity index (χ1v) is 9.59. The van der Waals surface area contributed by atoms with Gasteiger partial charge in [0.2, 0.25) is 0 Å². The molecule has 0 fully saturated rings. The lowest BCUT2D eigenvalue weighted by atomic mass is 10.2. The summed E-state index contributed by atoms with van der Waals surface area (Å²) in [5, 5.41) is 9.93. The van der Waals surface area contributed by atoms with Crippen molar-refractivity contribution < 1.29 is 0 Å². The Morgan fingerprint density at radius 3 is 2.82 bits per heavy atom. The van der Waals surface area contributed by atoms with Crippen LogP contribution in [0.4, 0.5) is 11.5 Å². The second kappa shape index (κ2) is 6.80. The van der Waals surface area contributed by atoms with Crippen molar-refractivity contribution in [1.29, 1.82) is 0 Å². The Hall–Kier alpha value is -3.69. The van der Waals surface area contributed by atoms with Gasteiger partial charge in [0, 0.05) is 11.1 Å². The van der Waals surface area contributed by atoms with Crippen LogP contribution in [0.2, 0.25) is 0 Å². The predicted molar refractivity (Wildman–Crippen MR) is 114 cm³/mol. The Morgan fingerprint density at radius 2 is 1.96 bits per heavy atom. The highest BCUT2D eigenvalue weighted by Crippen LogP contribution is 2.30. The van der Waals surface area contributed by atoms with Gasteiger partial charge < -0.3 is 5.32 Å². The average molecular weight is 381 g/mol. The van der Waals surface area contributed by atoms with Crippen molar-refractivity contribution in [3.05, 3.63) is 77.6 Å². The van der Waals surface area contributed by atoms with Gasteiger partial charge in [0.05, 0.1) is 28.5 Å². The second-order valence-electron chi connectivity index (χ2n) is 6.38. The fraction of sp³-hybridized carbons (Fsp3) is 0.0455. The minimum Gasteiger partial charge on any atom is -0.340 e. The van der Waals surface area contributed by atoms with Crippen molar-refractivity contribution in [2.45, 2.75) is 6.54 Å². The number of terminal acetylenes is 1. The van der Waals surface area contributed by atoms with Gasteiger partial charge in [-0.15, -0.1) is 17.8 Å². The van der Waals surface area contributed by atoms with Crippen molar-refractivity contribution in [3.8, 4) is 12.3 Å². The van der Waals surface area contributed by atoms with E-state index in [-0.39, 0.29) is 0 Å². The molecule has 0 saturated heterocycles. The standard InChI is InChI=1S/C22H15N5S/c1-2-18-11-19-21(23-14-24-22(19)28-18)26-17-8-9-20-16(10-17)12-25-27(20)13-15-6-4-3-5-7-15/h1,3-12,14H,13H2,(H,23,24,26). The third-order valence-corrected chi connectivity index (χ3v) is 5.53. The van der Waals surface area contributed by atoms with Crippen molar-refractivity contribution in [3.63, 3.8) is 0 Å². The van der Waals surface area contributed by atoms with Crippen LogP contribution in [0, 0.1) is 12.3 Å². The third-order valence-electron chi connectivity index (χ3n) is 4.55. The normalized spacial score (nSPS) is 11.0. The molecular formula is C22H15N5S. The lowest BCUT2D eigenvalue weighted by Crippen LogP contribution is -2.01. The molecule has 0 unspecified atom stereocenters. The number of hydrogen-bond acceptors (Lipinski definition) is 5. The maximum absolute atomic E-state index is 5.52. The molecule has 0 aliphatic heterocycles. The Kier molecular flexibility index (Phi) is 4.00. The van der Waals surface area contributed by atoms with Crippen molar-refractivity contribution in [2.75, 3.05) is 5.32 Å². The third kappa shape index (κ3) is 2.98. The van der Waals surface area contributed by atoms with Crippen LogP contribution in [0.15, 0.2) is 67.1 Å². The highest BCUT2D eigenvalue weighted by molar-refractivity contribution is 7.19. The Morgan fingerprint density at radius 1 is 1.07 bits per heavy atom. The molecular weight excluding hydrogens is 366 g/mol. The summed E-state index contributed by atoms with van der Waals surface area (Å²) in [7, 11) is 0. The minimum absolute atomic E-state index is 0.743. The molecule has 0 bridgehead atoms. The van der Waals surface area contributed by atoms with Crippen LogP contribution in [0.25, 0.3) is 21.1 Å². The van der Waals surface area contributed by atoms with E-state index >= 15 is 0 Å². The number of aromatic nitrogens is 4. The van der Waals surface area contributed by atoms with Gasteiger partial charge >= 0.3 is 0 Å². The lowest BCUT2D eigenvalue weighted by Gasteiger charge is -2.08. The summed E-state index contributed by atoms with van der Waals surface area (Å²) in [4.78, 5) is 10.4. The zero-order chi connectivity index (χ0) is 18.9. The van der Waals surface area contributed by atoms with E-state index in [1.54, 1.807) is 6.33 Å². The van der Waals surface area contributed by atoms with Crippen LogP contribution < -0.4 is 5.32 Å². The fourth-order valence-corrected chi connectivity index (χ4v) is 4.02. The molecule has 5 aromatic rings. The molecule has 134 valence electrons. The molecule has 3 heterocycles. The van der Waals surface area contributed by atoms with E-state index < -0.39 is 0 Å². The molecule has 3 aromatic heterocycles. The highest BCUT2D eigenvalue weighted by Gasteiger charge is 2.09. The van der Waals surface area contributed by atoms with Crippen LogP contribution in [0.5, 0.6) is 0 Å².